The van der Waals surface area contributed by atoms with Crippen LogP contribution in [0.4, 0.5) is 0 Å². The fraction of sp³-hybridized carbons (Fsp3) is 0.400. The van der Waals surface area contributed by atoms with E-state index in [1.54, 1.807) is 6.07 Å². The number of thiophene rings is 1. The molecule has 0 radical (unpaired) electrons. The number of aryl methyl sites for hydroxylation is 2. The summed E-state index contributed by atoms with van der Waals surface area (Å²) < 4.78 is 33.7. The highest BCUT2D eigenvalue weighted by molar-refractivity contribution is 7.89. The number of benzene rings is 1. The topological polar surface area (TPSA) is 76.3 Å². The van der Waals surface area contributed by atoms with Crippen molar-refractivity contribution < 1.29 is 12.8 Å². The molecule has 0 aliphatic heterocycles. The van der Waals surface area contributed by atoms with Gasteiger partial charge in [0.25, 0.3) is 5.89 Å². The molecule has 2 aromatic heterocycles. The predicted octanol–water partition coefficient (Wildman–Crippen LogP) is 4.28. The van der Waals surface area contributed by atoms with Gasteiger partial charge in [-0.25, -0.2) is 8.42 Å². The van der Waals surface area contributed by atoms with Crippen molar-refractivity contribution in [3.63, 3.8) is 0 Å². The quantitative estimate of drug-likeness (QED) is 0.573. The van der Waals surface area contributed by atoms with Crippen molar-refractivity contribution >= 4 is 21.4 Å². The number of nitrogens with zero attached hydrogens (tertiary/aromatic N) is 3. The first-order valence-electron chi connectivity index (χ1n) is 9.56. The lowest BCUT2D eigenvalue weighted by Crippen LogP contribution is -2.31. The van der Waals surface area contributed by atoms with Crippen molar-refractivity contribution in [2.24, 2.45) is 0 Å². The number of fused-ring (bicyclic) bond motifs is 1. The first-order valence-corrected chi connectivity index (χ1v) is 11.9. The molecule has 1 aliphatic carbocycles. The summed E-state index contributed by atoms with van der Waals surface area (Å²) in [5.74, 6) is 0.728. The summed E-state index contributed by atoms with van der Waals surface area (Å²) in [5, 5.41) is 10.0. The Hall–Kier alpha value is -2.03. The molecular formula is C20H23N3O3S2. The van der Waals surface area contributed by atoms with Gasteiger partial charge in [0, 0.05) is 6.54 Å². The van der Waals surface area contributed by atoms with Crippen LogP contribution in [0.5, 0.6) is 0 Å². The second-order valence-electron chi connectivity index (χ2n) is 6.95. The molecular weight excluding hydrogens is 394 g/mol. The summed E-state index contributed by atoms with van der Waals surface area (Å²) in [5.41, 5.74) is 2.42. The molecule has 1 aliphatic rings. The molecule has 6 nitrogen and oxygen atoms in total. The highest BCUT2D eigenvalue weighted by atomic mass is 32.2. The fourth-order valence-corrected chi connectivity index (χ4v) is 5.70. The van der Waals surface area contributed by atoms with Crippen LogP contribution in [0.2, 0.25) is 0 Å². The summed E-state index contributed by atoms with van der Waals surface area (Å²) in [7, 11) is -3.63. The van der Waals surface area contributed by atoms with Crippen molar-refractivity contribution in [1.82, 2.24) is 14.5 Å². The Morgan fingerprint density at radius 2 is 1.96 bits per heavy atom. The largest absolute Gasteiger partial charge is 0.418 e. The first-order chi connectivity index (χ1) is 13.6. The molecule has 0 saturated carbocycles. The van der Waals surface area contributed by atoms with Gasteiger partial charge in [0.1, 0.15) is 0 Å². The highest BCUT2D eigenvalue weighted by Crippen LogP contribution is 2.27. The zero-order chi connectivity index (χ0) is 19.6. The van der Waals surface area contributed by atoms with Gasteiger partial charge in [-0.3, -0.25) is 0 Å². The van der Waals surface area contributed by atoms with Crippen molar-refractivity contribution in [3.8, 4) is 10.8 Å². The second kappa shape index (κ2) is 8.14. The normalized spacial score (nSPS) is 14.4. The molecule has 0 spiro atoms. The van der Waals surface area contributed by atoms with Gasteiger partial charge in [0.15, 0.2) is 0 Å². The molecule has 3 aromatic rings. The van der Waals surface area contributed by atoms with E-state index in [1.165, 1.54) is 27.6 Å². The zero-order valence-electron chi connectivity index (χ0n) is 15.8. The van der Waals surface area contributed by atoms with E-state index in [2.05, 4.69) is 10.2 Å². The van der Waals surface area contributed by atoms with E-state index in [4.69, 9.17) is 4.42 Å². The van der Waals surface area contributed by atoms with Crippen LogP contribution in [-0.2, 0) is 29.4 Å². The van der Waals surface area contributed by atoms with Crippen LogP contribution in [0.25, 0.3) is 10.8 Å². The average Bonchev–Trinajstić information content (AvgIpc) is 3.39. The molecule has 0 fully saturated rings. The van der Waals surface area contributed by atoms with Crippen LogP contribution >= 0.6 is 11.3 Å². The fourth-order valence-electron chi connectivity index (χ4n) is 3.52. The minimum Gasteiger partial charge on any atom is -0.418 e. The Bertz CT molecular complexity index is 1040. The molecule has 0 saturated heterocycles. The summed E-state index contributed by atoms with van der Waals surface area (Å²) in [6, 6.07) is 9.35. The third kappa shape index (κ3) is 3.90. The van der Waals surface area contributed by atoms with Crippen molar-refractivity contribution in [1.29, 1.82) is 0 Å². The number of sulfonamides is 1. The Morgan fingerprint density at radius 1 is 1.14 bits per heavy atom. The standard InChI is InChI=1S/C20H23N3O3S2/c1-2-11-23(14-19-21-22-20(26-19)18-8-5-12-27-18)28(24,25)17-10-9-15-6-3-4-7-16(15)13-17/h5,8-10,12-13H,2-4,6-7,11,14H2,1H3. The minimum absolute atomic E-state index is 0.0750. The summed E-state index contributed by atoms with van der Waals surface area (Å²) in [4.78, 5) is 1.22. The molecule has 28 heavy (non-hydrogen) atoms. The zero-order valence-corrected chi connectivity index (χ0v) is 17.4. The number of hydrogen-bond donors (Lipinski definition) is 0. The van der Waals surface area contributed by atoms with Crippen LogP contribution in [0, 0.1) is 0 Å². The van der Waals surface area contributed by atoms with Gasteiger partial charge in [-0.1, -0.05) is 19.1 Å². The number of hydrogen-bond acceptors (Lipinski definition) is 6. The third-order valence-electron chi connectivity index (χ3n) is 4.94. The molecule has 2 heterocycles. The predicted molar refractivity (Wildman–Crippen MR) is 109 cm³/mol. The van der Waals surface area contributed by atoms with Crippen molar-refractivity contribution in [3.05, 3.63) is 52.7 Å². The minimum atomic E-state index is -3.63. The molecule has 0 bridgehead atoms. The van der Waals surface area contributed by atoms with E-state index < -0.39 is 10.0 Å². The van der Waals surface area contributed by atoms with Crippen LogP contribution in [0.15, 0.2) is 45.0 Å². The van der Waals surface area contributed by atoms with E-state index >= 15 is 0 Å². The monoisotopic (exact) mass is 417 g/mol. The lowest BCUT2D eigenvalue weighted by atomic mass is 9.92. The van der Waals surface area contributed by atoms with Gasteiger partial charge in [0.2, 0.25) is 15.9 Å². The highest BCUT2D eigenvalue weighted by Gasteiger charge is 2.27. The number of rotatable bonds is 7. The Balaban J connectivity index is 1.60. The molecule has 0 N–H and O–H groups in total. The van der Waals surface area contributed by atoms with Crippen molar-refractivity contribution in [2.75, 3.05) is 6.54 Å². The Labute approximate surface area is 169 Å². The number of aromatic nitrogens is 2. The molecule has 0 amide bonds. The average molecular weight is 418 g/mol. The van der Waals surface area contributed by atoms with E-state index in [-0.39, 0.29) is 6.54 Å². The van der Waals surface area contributed by atoms with Gasteiger partial charge in [-0.15, -0.1) is 21.5 Å². The van der Waals surface area contributed by atoms with Crippen LogP contribution in [-0.4, -0.2) is 29.5 Å². The first kappa shape index (κ1) is 19.3. The van der Waals surface area contributed by atoms with Gasteiger partial charge < -0.3 is 4.42 Å². The van der Waals surface area contributed by atoms with Crippen molar-refractivity contribution in [2.45, 2.75) is 50.5 Å². The van der Waals surface area contributed by atoms with E-state index in [0.717, 1.165) is 29.7 Å². The van der Waals surface area contributed by atoms with Gasteiger partial charge in [0.05, 0.1) is 16.3 Å². The third-order valence-corrected chi connectivity index (χ3v) is 7.64. The summed E-state index contributed by atoms with van der Waals surface area (Å²) in [6.07, 6.45) is 4.96. The lowest BCUT2D eigenvalue weighted by molar-refractivity contribution is 0.357. The molecule has 0 unspecified atom stereocenters. The van der Waals surface area contributed by atoms with Crippen LogP contribution < -0.4 is 0 Å². The molecule has 8 heteroatoms. The SMILES string of the molecule is CCCN(Cc1nnc(-c2cccs2)o1)S(=O)(=O)c1ccc2c(c1)CCCC2. The molecule has 148 valence electrons. The maximum Gasteiger partial charge on any atom is 0.257 e. The Kier molecular flexibility index (Phi) is 5.61. The maximum absolute atomic E-state index is 13.3. The van der Waals surface area contributed by atoms with E-state index in [1.807, 2.05) is 36.6 Å². The van der Waals surface area contributed by atoms with Crippen LogP contribution in [0.1, 0.15) is 43.2 Å². The van der Waals surface area contributed by atoms with E-state index in [0.29, 0.717) is 29.6 Å². The smallest absolute Gasteiger partial charge is 0.257 e. The summed E-state index contributed by atoms with van der Waals surface area (Å²) in [6.45, 7) is 2.43. The Morgan fingerprint density at radius 3 is 2.71 bits per heavy atom. The second-order valence-corrected chi connectivity index (χ2v) is 9.84. The molecule has 1 aromatic carbocycles. The van der Waals surface area contributed by atoms with Gasteiger partial charge in [-0.05, 0) is 66.8 Å². The van der Waals surface area contributed by atoms with Gasteiger partial charge in [-0.2, -0.15) is 4.31 Å². The van der Waals surface area contributed by atoms with Gasteiger partial charge >= 0.3 is 0 Å². The summed E-state index contributed by atoms with van der Waals surface area (Å²) >= 11 is 1.51. The molecule has 4 rings (SSSR count). The lowest BCUT2D eigenvalue weighted by Gasteiger charge is -2.22. The molecule has 0 atom stereocenters. The van der Waals surface area contributed by atoms with Crippen LogP contribution in [0.3, 0.4) is 0 Å². The maximum atomic E-state index is 13.3. The van der Waals surface area contributed by atoms with E-state index in [9.17, 15) is 8.42 Å².